The van der Waals surface area contributed by atoms with Crippen LogP contribution in [0.3, 0.4) is 0 Å². The monoisotopic (exact) mass is 1080 g/mol. The number of nitrogens with one attached hydrogen (secondary N) is 7. The Bertz CT molecular complexity index is 2170. The summed E-state index contributed by atoms with van der Waals surface area (Å²) in [5.74, 6) is -8.37. The Hall–Kier alpha value is -6.13. The van der Waals surface area contributed by atoms with Crippen LogP contribution in [-0.4, -0.2) is 133 Å². The van der Waals surface area contributed by atoms with E-state index < -0.39 is 120 Å². The normalized spacial score (nSPS) is 22.6. The molecule has 1 aliphatic heterocycles. The summed E-state index contributed by atoms with van der Waals surface area (Å²) >= 11 is 0. The van der Waals surface area contributed by atoms with E-state index in [0.717, 1.165) is 32.1 Å². The van der Waals surface area contributed by atoms with E-state index in [-0.39, 0.29) is 96.4 Å². The second-order valence-electron chi connectivity index (χ2n) is 20.6. The minimum atomic E-state index is -1.29. The van der Waals surface area contributed by atoms with Crippen molar-refractivity contribution in [2.75, 3.05) is 32.7 Å². The molecule has 0 unspecified atom stereocenters. The number of amides is 7. The van der Waals surface area contributed by atoms with Crippen LogP contribution in [0.5, 0.6) is 0 Å². The summed E-state index contributed by atoms with van der Waals surface area (Å²) in [5.41, 5.74) is 25.2. The van der Waals surface area contributed by atoms with Crippen molar-refractivity contribution in [3.05, 3.63) is 71.8 Å². The van der Waals surface area contributed by atoms with E-state index >= 15 is 0 Å². The molecule has 0 radical (unpaired) electrons. The lowest BCUT2D eigenvalue weighted by molar-refractivity contribution is -0.136. The van der Waals surface area contributed by atoms with Gasteiger partial charge in [-0.05, 0) is 94.6 Å². The van der Waals surface area contributed by atoms with Crippen molar-refractivity contribution in [1.29, 1.82) is 0 Å². The fourth-order valence-electron chi connectivity index (χ4n) is 9.29. The molecule has 428 valence electrons. The molecule has 0 spiro atoms. The summed E-state index contributed by atoms with van der Waals surface area (Å²) in [4.78, 5) is 128. The third-order valence-corrected chi connectivity index (χ3v) is 13.6. The zero-order valence-electron chi connectivity index (χ0n) is 45.5. The zero-order chi connectivity index (χ0) is 56.7. The Labute approximate surface area is 454 Å². The molecule has 2 aromatic rings. The third-order valence-electron chi connectivity index (χ3n) is 13.6. The maximum atomic E-state index is 14.6. The van der Waals surface area contributed by atoms with Crippen molar-refractivity contribution in [3.8, 4) is 0 Å². The highest BCUT2D eigenvalue weighted by Crippen LogP contribution is 2.20. The van der Waals surface area contributed by atoms with Gasteiger partial charge in [0.1, 0.15) is 24.2 Å². The van der Waals surface area contributed by atoms with Crippen molar-refractivity contribution in [2.45, 2.75) is 172 Å². The van der Waals surface area contributed by atoms with Crippen molar-refractivity contribution in [1.82, 2.24) is 37.2 Å². The molecule has 3 rings (SSSR count). The standard InChI is InChI=1S/C56H89N11O10/c1-4-5-6-7-14-19-41(68)35-50(71)62-42(20-25-57)48(69)33-39-24-29-61-53(74)46(30-36(2)3)67-55(76)45(23-28-60)64-54(75)44(22-27-59)65-56(77)47(32-38-17-12-9-13-18-38)66-52(73)40(31-37-15-10-8-11-16-37)34-49(70)43(21-26-58)63-51(39)72/h8-13,15-18,36,39-47,68H,4-7,14,19-35,57-60H2,1-3H3,(H,61,74)(H,62,71)(H,63,72)(H,64,75)(H,65,77)(H,66,73)(H,67,76)/t39-,40+,41-,42-,43+,44+,45+,46+,47+/m1/s1. The number of rotatable bonds is 26. The van der Waals surface area contributed by atoms with Gasteiger partial charge in [-0.3, -0.25) is 43.2 Å². The maximum Gasteiger partial charge on any atom is 0.243 e. The highest BCUT2D eigenvalue weighted by molar-refractivity contribution is 5.98. The van der Waals surface area contributed by atoms with Gasteiger partial charge in [0.05, 0.1) is 24.6 Å². The van der Waals surface area contributed by atoms with Gasteiger partial charge < -0.3 is 65.3 Å². The summed E-state index contributed by atoms with van der Waals surface area (Å²) in [7, 11) is 0. The van der Waals surface area contributed by atoms with Crippen molar-refractivity contribution < 1.29 is 48.3 Å². The topological polar surface area (TPSA) is 362 Å². The van der Waals surface area contributed by atoms with Crippen LogP contribution in [-0.2, 0) is 56.0 Å². The molecule has 77 heavy (non-hydrogen) atoms. The predicted molar refractivity (Wildman–Crippen MR) is 294 cm³/mol. The maximum absolute atomic E-state index is 14.6. The summed E-state index contributed by atoms with van der Waals surface area (Å²) in [6.45, 7) is 5.45. The number of aliphatic hydroxyl groups excluding tert-OH is 1. The average Bonchev–Trinajstić information content (AvgIpc) is 3.39. The highest BCUT2D eigenvalue weighted by atomic mass is 16.3. The van der Waals surface area contributed by atoms with Gasteiger partial charge in [-0.2, -0.15) is 0 Å². The largest absolute Gasteiger partial charge is 0.393 e. The lowest BCUT2D eigenvalue weighted by atomic mass is 9.89. The highest BCUT2D eigenvalue weighted by Gasteiger charge is 2.36. The summed E-state index contributed by atoms with van der Waals surface area (Å²) in [6.07, 6.45) is 3.07. The molecular weight excluding hydrogens is 987 g/mol. The van der Waals surface area contributed by atoms with Crippen LogP contribution >= 0.6 is 0 Å². The molecule has 0 aliphatic carbocycles. The molecule has 1 heterocycles. The Kier molecular flexibility index (Phi) is 30.5. The third kappa shape index (κ3) is 24.4. The SMILES string of the molecule is CCCCCCC[C@@H](O)CC(=O)N[C@H](CCN)C(=O)C[C@H]1CCNC(=O)[C@H](CC(C)C)NC(=O)[C@H](CCN)NC(=O)[C@H](CCN)NC(=O)[C@H](Cc2ccccc2)NC(=O)[C@@H](Cc2ccccc2)CC(=O)[C@H](CCN)NC1=O. The fourth-order valence-corrected chi connectivity index (χ4v) is 9.29. The quantitative estimate of drug-likeness (QED) is 0.0575. The number of Topliss-reactive ketones (excluding diaryl/α,β-unsaturated/α-hetero) is 2. The lowest BCUT2D eigenvalue weighted by Gasteiger charge is -2.27. The molecule has 1 saturated heterocycles. The van der Waals surface area contributed by atoms with Gasteiger partial charge >= 0.3 is 0 Å². The first-order chi connectivity index (χ1) is 36.9. The summed E-state index contributed by atoms with van der Waals surface area (Å²) < 4.78 is 0. The zero-order valence-corrected chi connectivity index (χ0v) is 45.5. The van der Waals surface area contributed by atoms with E-state index in [1.807, 2.05) is 13.8 Å². The first kappa shape index (κ1) is 65.2. The molecular formula is C56H89N11O10. The smallest absolute Gasteiger partial charge is 0.243 e. The predicted octanol–water partition coefficient (Wildman–Crippen LogP) is 0.604. The number of hydrogen-bond donors (Lipinski definition) is 12. The van der Waals surface area contributed by atoms with E-state index in [9.17, 15) is 48.3 Å². The van der Waals surface area contributed by atoms with Crippen molar-refractivity contribution >= 4 is 52.9 Å². The number of benzene rings is 2. The van der Waals surface area contributed by atoms with Gasteiger partial charge in [-0.1, -0.05) is 114 Å². The Morgan fingerprint density at radius 2 is 1.10 bits per heavy atom. The number of unbranched alkanes of at least 4 members (excludes halogenated alkanes) is 4. The Morgan fingerprint density at radius 1 is 0.597 bits per heavy atom. The van der Waals surface area contributed by atoms with E-state index in [2.05, 4.69) is 44.1 Å². The van der Waals surface area contributed by atoms with Crippen LogP contribution in [0.1, 0.15) is 128 Å². The molecule has 1 fully saturated rings. The number of nitrogens with two attached hydrogens (primary N) is 4. The number of hydrogen-bond acceptors (Lipinski definition) is 14. The summed E-state index contributed by atoms with van der Waals surface area (Å²) in [6, 6.07) is 10.4. The minimum Gasteiger partial charge on any atom is -0.393 e. The van der Waals surface area contributed by atoms with E-state index in [4.69, 9.17) is 22.9 Å². The second-order valence-corrected chi connectivity index (χ2v) is 20.6. The molecule has 16 N–H and O–H groups in total. The molecule has 21 heteroatoms. The number of ketones is 2. The fraction of sp³-hybridized carbons (Fsp3) is 0.625. The Balaban J connectivity index is 2.11. The van der Waals surface area contributed by atoms with E-state index in [1.165, 1.54) is 0 Å². The summed E-state index contributed by atoms with van der Waals surface area (Å²) in [5, 5.41) is 29.9. The molecule has 0 aromatic heterocycles. The van der Waals surface area contributed by atoms with Crippen LogP contribution in [0.2, 0.25) is 0 Å². The molecule has 21 nitrogen and oxygen atoms in total. The van der Waals surface area contributed by atoms with Gasteiger partial charge in [-0.15, -0.1) is 0 Å². The molecule has 0 bridgehead atoms. The van der Waals surface area contributed by atoms with E-state index in [0.29, 0.717) is 17.5 Å². The number of carbonyl (C=O) groups is 9. The molecule has 1 aliphatic rings. The first-order valence-corrected chi connectivity index (χ1v) is 27.6. The molecule has 2 aromatic carbocycles. The van der Waals surface area contributed by atoms with Gasteiger partial charge in [0, 0.05) is 37.6 Å². The van der Waals surface area contributed by atoms with Gasteiger partial charge in [-0.25, -0.2) is 0 Å². The van der Waals surface area contributed by atoms with Crippen LogP contribution in [0.15, 0.2) is 60.7 Å². The van der Waals surface area contributed by atoms with Crippen LogP contribution in [0.25, 0.3) is 0 Å². The molecule has 7 amide bonds. The van der Waals surface area contributed by atoms with E-state index in [1.54, 1.807) is 60.7 Å². The van der Waals surface area contributed by atoms with Crippen LogP contribution in [0, 0.1) is 17.8 Å². The Morgan fingerprint density at radius 3 is 1.66 bits per heavy atom. The molecule has 9 atom stereocenters. The van der Waals surface area contributed by atoms with Gasteiger partial charge in [0.25, 0.3) is 0 Å². The van der Waals surface area contributed by atoms with Crippen molar-refractivity contribution in [2.24, 2.45) is 40.7 Å². The number of carbonyl (C=O) groups excluding carboxylic acids is 9. The molecule has 0 saturated carbocycles. The van der Waals surface area contributed by atoms with Crippen LogP contribution in [0.4, 0.5) is 0 Å². The second kappa shape index (κ2) is 36.1. The van der Waals surface area contributed by atoms with Crippen molar-refractivity contribution in [3.63, 3.8) is 0 Å². The van der Waals surface area contributed by atoms with Crippen LogP contribution < -0.4 is 60.2 Å². The number of aliphatic hydroxyl groups is 1. The lowest BCUT2D eigenvalue weighted by Crippen LogP contribution is -2.59. The average molecular weight is 1080 g/mol. The first-order valence-electron chi connectivity index (χ1n) is 27.6. The minimum absolute atomic E-state index is 0.000869. The van der Waals surface area contributed by atoms with Gasteiger partial charge in [0.15, 0.2) is 11.6 Å². The van der Waals surface area contributed by atoms with Gasteiger partial charge in [0.2, 0.25) is 41.4 Å².